The van der Waals surface area contributed by atoms with Crippen molar-refractivity contribution >= 4 is 5.78 Å². The van der Waals surface area contributed by atoms with Gasteiger partial charge in [0.15, 0.2) is 0 Å². The van der Waals surface area contributed by atoms with Crippen molar-refractivity contribution in [2.24, 2.45) is 5.41 Å². The Morgan fingerprint density at radius 2 is 2.00 bits per heavy atom. The number of ketones is 1. The van der Waals surface area contributed by atoms with Gasteiger partial charge in [0, 0.05) is 5.41 Å². The van der Waals surface area contributed by atoms with Crippen molar-refractivity contribution in [2.75, 3.05) is 0 Å². The van der Waals surface area contributed by atoms with Gasteiger partial charge in [-0.25, -0.2) is 0 Å². The highest BCUT2D eigenvalue weighted by atomic mass is 16.1. The molecule has 0 amide bonds. The number of hydrogen-bond donors (Lipinski definition) is 0. The van der Waals surface area contributed by atoms with E-state index < -0.39 is 0 Å². The van der Waals surface area contributed by atoms with E-state index >= 15 is 0 Å². The van der Waals surface area contributed by atoms with Crippen molar-refractivity contribution in [3.63, 3.8) is 0 Å². The van der Waals surface area contributed by atoms with Gasteiger partial charge < -0.3 is 0 Å². The quantitative estimate of drug-likeness (QED) is 0.396. The Morgan fingerprint density at radius 1 is 1.50 bits per heavy atom. The molecule has 0 saturated heterocycles. The first-order valence-corrected chi connectivity index (χ1v) is 3.70. The Labute approximate surface area is 61.8 Å². The summed E-state index contributed by atoms with van der Waals surface area (Å²) < 4.78 is 0. The zero-order chi connectivity index (χ0) is 7.61. The molecule has 0 aromatic carbocycles. The molecule has 0 unspecified atom stereocenters. The van der Waals surface area contributed by atoms with E-state index in [4.69, 9.17) is 6.42 Å². The third-order valence-electron chi connectivity index (χ3n) is 2.39. The van der Waals surface area contributed by atoms with E-state index in [1.807, 2.05) is 6.92 Å². The SMILES string of the molecule is C#CC(=O)C1(C)CCCC1. The van der Waals surface area contributed by atoms with Crippen molar-refractivity contribution in [3.8, 4) is 12.3 Å². The molecule has 0 atom stereocenters. The molecule has 1 nitrogen and oxygen atoms in total. The summed E-state index contributed by atoms with van der Waals surface area (Å²) >= 11 is 0. The third-order valence-corrected chi connectivity index (χ3v) is 2.39. The molecular weight excluding hydrogens is 124 g/mol. The van der Waals surface area contributed by atoms with E-state index in [1.54, 1.807) is 0 Å². The van der Waals surface area contributed by atoms with Gasteiger partial charge in [-0.1, -0.05) is 19.8 Å². The Bertz CT molecular complexity index is 179. The topological polar surface area (TPSA) is 17.1 Å². The fraction of sp³-hybridized carbons (Fsp3) is 0.667. The van der Waals surface area contributed by atoms with Crippen LogP contribution in [0.3, 0.4) is 0 Å². The number of carbonyl (C=O) groups is 1. The lowest BCUT2D eigenvalue weighted by Gasteiger charge is -2.16. The fourth-order valence-electron chi connectivity index (χ4n) is 1.56. The maximum atomic E-state index is 11.1. The molecule has 0 radical (unpaired) electrons. The number of carbonyl (C=O) groups excluding carboxylic acids is 1. The Hall–Kier alpha value is -0.770. The molecule has 0 bridgehead atoms. The van der Waals surface area contributed by atoms with Gasteiger partial charge in [-0.3, -0.25) is 4.79 Å². The van der Waals surface area contributed by atoms with Crippen molar-refractivity contribution in [2.45, 2.75) is 32.6 Å². The molecule has 1 fully saturated rings. The van der Waals surface area contributed by atoms with Crippen molar-refractivity contribution in [3.05, 3.63) is 0 Å². The molecule has 10 heavy (non-hydrogen) atoms. The van der Waals surface area contributed by atoms with Gasteiger partial charge >= 0.3 is 0 Å². The molecule has 0 N–H and O–H groups in total. The molecule has 0 aliphatic heterocycles. The van der Waals surface area contributed by atoms with Gasteiger partial charge in [-0.15, -0.1) is 6.42 Å². The lowest BCUT2D eigenvalue weighted by Crippen LogP contribution is -2.22. The highest BCUT2D eigenvalue weighted by Crippen LogP contribution is 2.37. The van der Waals surface area contributed by atoms with Crippen molar-refractivity contribution in [1.82, 2.24) is 0 Å². The van der Waals surface area contributed by atoms with Gasteiger partial charge in [0.1, 0.15) is 0 Å². The van der Waals surface area contributed by atoms with E-state index in [2.05, 4.69) is 5.92 Å². The molecule has 1 aliphatic rings. The third kappa shape index (κ3) is 1.07. The minimum Gasteiger partial charge on any atom is -0.284 e. The smallest absolute Gasteiger partial charge is 0.211 e. The largest absolute Gasteiger partial charge is 0.284 e. The van der Waals surface area contributed by atoms with Crippen LogP contribution in [0.1, 0.15) is 32.6 Å². The Morgan fingerprint density at radius 3 is 2.40 bits per heavy atom. The minimum atomic E-state index is -0.172. The Kier molecular flexibility index (Phi) is 1.80. The maximum Gasteiger partial charge on any atom is 0.211 e. The maximum absolute atomic E-state index is 11.1. The molecule has 0 spiro atoms. The first-order valence-electron chi connectivity index (χ1n) is 3.70. The summed E-state index contributed by atoms with van der Waals surface area (Å²) in [6.07, 6.45) is 9.32. The highest BCUT2D eigenvalue weighted by Gasteiger charge is 2.34. The first kappa shape index (κ1) is 7.34. The van der Waals surface area contributed by atoms with Crippen LogP contribution in [0.4, 0.5) is 0 Å². The van der Waals surface area contributed by atoms with Crippen molar-refractivity contribution < 1.29 is 4.79 Å². The van der Waals surface area contributed by atoms with E-state index in [0.717, 1.165) is 25.7 Å². The summed E-state index contributed by atoms with van der Waals surface area (Å²) in [6.45, 7) is 1.97. The number of rotatable bonds is 1. The number of Topliss-reactive ketones (excluding diaryl/α,β-unsaturated/α-hetero) is 1. The van der Waals surface area contributed by atoms with Gasteiger partial charge in [0.05, 0.1) is 0 Å². The van der Waals surface area contributed by atoms with Crippen LogP contribution in [0.25, 0.3) is 0 Å². The molecule has 0 aromatic rings. The highest BCUT2D eigenvalue weighted by molar-refractivity contribution is 5.99. The van der Waals surface area contributed by atoms with Crippen LogP contribution in [0.2, 0.25) is 0 Å². The average Bonchev–Trinajstić information content (AvgIpc) is 2.36. The van der Waals surface area contributed by atoms with Gasteiger partial charge in [-0.05, 0) is 18.8 Å². The summed E-state index contributed by atoms with van der Waals surface area (Å²) in [6, 6.07) is 0. The van der Waals surface area contributed by atoms with Crippen LogP contribution < -0.4 is 0 Å². The first-order chi connectivity index (χ1) is 4.69. The minimum absolute atomic E-state index is 0.00926. The molecule has 1 aliphatic carbocycles. The van der Waals surface area contributed by atoms with Gasteiger partial charge in [0.25, 0.3) is 0 Å². The molecule has 54 valence electrons. The molecule has 0 aromatic heterocycles. The predicted molar refractivity (Wildman–Crippen MR) is 40.4 cm³/mol. The van der Waals surface area contributed by atoms with Crippen LogP contribution in [0.15, 0.2) is 0 Å². The normalized spacial score (nSPS) is 22.0. The molecular formula is C9H12O. The Balaban J connectivity index is 2.69. The van der Waals surface area contributed by atoms with Gasteiger partial charge in [-0.2, -0.15) is 0 Å². The van der Waals surface area contributed by atoms with E-state index in [-0.39, 0.29) is 11.2 Å². The number of hydrogen-bond acceptors (Lipinski definition) is 1. The second-order valence-corrected chi connectivity index (χ2v) is 3.24. The second kappa shape index (κ2) is 2.46. The van der Waals surface area contributed by atoms with Gasteiger partial charge in [0.2, 0.25) is 5.78 Å². The van der Waals surface area contributed by atoms with Crippen LogP contribution in [0, 0.1) is 17.8 Å². The van der Waals surface area contributed by atoms with E-state index in [1.165, 1.54) is 0 Å². The van der Waals surface area contributed by atoms with E-state index in [0.29, 0.717) is 0 Å². The predicted octanol–water partition coefficient (Wildman–Crippen LogP) is 1.77. The standard InChI is InChI=1S/C9H12O/c1-3-8(10)9(2)6-4-5-7-9/h1H,4-7H2,2H3. The molecule has 1 rings (SSSR count). The van der Waals surface area contributed by atoms with Crippen LogP contribution >= 0.6 is 0 Å². The van der Waals surface area contributed by atoms with Crippen LogP contribution in [0.5, 0.6) is 0 Å². The summed E-state index contributed by atoms with van der Waals surface area (Å²) in [5.41, 5.74) is -0.172. The van der Waals surface area contributed by atoms with Crippen molar-refractivity contribution in [1.29, 1.82) is 0 Å². The summed E-state index contributed by atoms with van der Waals surface area (Å²) in [7, 11) is 0. The zero-order valence-corrected chi connectivity index (χ0v) is 6.31. The lowest BCUT2D eigenvalue weighted by atomic mass is 9.84. The van der Waals surface area contributed by atoms with E-state index in [9.17, 15) is 4.79 Å². The summed E-state index contributed by atoms with van der Waals surface area (Å²) in [5, 5.41) is 0. The molecule has 0 heterocycles. The van der Waals surface area contributed by atoms with Crippen LogP contribution in [-0.2, 0) is 4.79 Å². The van der Waals surface area contributed by atoms with Crippen LogP contribution in [-0.4, -0.2) is 5.78 Å². The summed E-state index contributed by atoms with van der Waals surface area (Å²) in [5.74, 6) is 2.20. The molecule has 1 saturated carbocycles. The fourth-order valence-corrected chi connectivity index (χ4v) is 1.56. The zero-order valence-electron chi connectivity index (χ0n) is 6.31. The number of terminal acetylenes is 1. The lowest BCUT2D eigenvalue weighted by molar-refractivity contribution is -0.121. The monoisotopic (exact) mass is 136 g/mol. The second-order valence-electron chi connectivity index (χ2n) is 3.24. The summed E-state index contributed by atoms with van der Waals surface area (Å²) in [4.78, 5) is 11.1. The average molecular weight is 136 g/mol. The molecule has 1 heteroatoms.